The SMILES string of the molecule is Cc1ccccc1.N#CS(=O)(=O)C#N. The summed E-state index contributed by atoms with van der Waals surface area (Å²) in [5.74, 6) is 0. The van der Waals surface area contributed by atoms with Crippen molar-refractivity contribution < 1.29 is 8.42 Å². The molecule has 0 spiro atoms. The average Bonchev–Trinajstić information content (AvgIpc) is 2.20. The summed E-state index contributed by atoms with van der Waals surface area (Å²) < 4.78 is 19.3. The molecule has 0 aliphatic heterocycles. The van der Waals surface area contributed by atoms with Crippen LogP contribution >= 0.6 is 0 Å². The standard InChI is InChI=1S/C7H8.C2N2O2S/c1-7-5-3-2-4-6-7;3-1-7(5,6)2-4/h2-6H,1H3;. The number of thiocyanates is 2. The van der Waals surface area contributed by atoms with Crippen LogP contribution in [0, 0.1) is 28.3 Å². The van der Waals surface area contributed by atoms with Crippen molar-refractivity contribution in [2.45, 2.75) is 6.92 Å². The van der Waals surface area contributed by atoms with Gasteiger partial charge in [-0.2, -0.15) is 18.9 Å². The maximum absolute atomic E-state index is 9.65. The van der Waals surface area contributed by atoms with Crippen molar-refractivity contribution in [2.75, 3.05) is 0 Å². The third-order valence-corrected chi connectivity index (χ3v) is 1.66. The zero-order valence-electron chi connectivity index (χ0n) is 7.51. The molecule has 5 heteroatoms. The minimum absolute atomic E-state index is 0.802. The second kappa shape index (κ2) is 5.74. The molecule has 0 heterocycles. The molecule has 0 fully saturated rings. The largest absolute Gasteiger partial charge is 0.333 e. The Morgan fingerprint density at radius 2 is 1.50 bits per heavy atom. The molecule has 72 valence electrons. The fraction of sp³-hybridized carbons (Fsp3) is 0.111. The summed E-state index contributed by atoms with van der Waals surface area (Å²) in [6.45, 7) is 2.08. The highest BCUT2D eigenvalue weighted by Gasteiger charge is 2.01. The van der Waals surface area contributed by atoms with E-state index in [1.54, 1.807) is 0 Å². The van der Waals surface area contributed by atoms with Gasteiger partial charge in [-0.15, -0.1) is 0 Å². The molecule has 14 heavy (non-hydrogen) atoms. The van der Waals surface area contributed by atoms with Crippen LogP contribution in [0.5, 0.6) is 0 Å². The minimum atomic E-state index is -4.05. The monoisotopic (exact) mass is 208 g/mol. The summed E-state index contributed by atoms with van der Waals surface area (Å²) in [7, 11) is -4.05. The number of aryl methyl sites for hydroxylation is 1. The van der Waals surface area contributed by atoms with E-state index >= 15 is 0 Å². The smallest absolute Gasteiger partial charge is 0.197 e. The molecule has 1 aromatic carbocycles. The molecule has 1 rings (SSSR count). The van der Waals surface area contributed by atoms with Crippen LogP contribution in [0.2, 0.25) is 0 Å². The second-order valence-corrected chi connectivity index (χ2v) is 3.71. The van der Waals surface area contributed by atoms with Gasteiger partial charge in [0.15, 0.2) is 0 Å². The number of hydrogen-bond acceptors (Lipinski definition) is 4. The van der Waals surface area contributed by atoms with E-state index in [0.29, 0.717) is 0 Å². The highest BCUT2D eigenvalue weighted by Crippen LogP contribution is 1.92. The first kappa shape index (κ1) is 12.2. The van der Waals surface area contributed by atoms with E-state index < -0.39 is 9.84 Å². The molecule has 0 aliphatic carbocycles. The van der Waals surface area contributed by atoms with Gasteiger partial charge in [0, 0.05) is 0 Å². The Morgan fingerprint density at radius 1 is 1.07 bits per heavy atom. The molecule has 0 saturated carbocycles. The van der Waals surface area contributed by atoms with Crippen LogP contribution in [0.3, 0.4) is 0 Å². The Balaban J connectivity index is 0.000000241. The second-order valence-electron chi connectivity index (χ2n) is 2.34. The zero-order chi connectivity index (χ0) is 11.0. The van der Waals surface area contributed by atoms with Crippen molar-refractivity contribution in [2.24, 2.45) is 0 Å². The van der Waals surface area contributed by atoms with Gasteiger partial charge < -0.3 is 0 Å². The molecule has 0 radical (unpaired) electrons. The Morgan fingerprint density at radius 3 is 1.64 bits per heavy atom. The summed E-state index contributed by atoms with van der Waals surface area (Å²) in [5, 5.41) is 16.7. The van der Waals surface area contributed by atoms with Gasteiger partial charge in [-0.25, -0.2) is 0 Å². The number of hydrogen-bond donors (Lipinski definition) is 0. The van der Waals surface area contributed by atoms with E-state index in [0.717, 1.165) is 10.8 Å². The van der Waals surface area contributed by atoms with Gasteiger partial charge in [-0.05, 0) is 6.92 Å². The van der Waals surface area contributed by atoms with Crippen molar-refractivity contribution in [1.82, 2.24) is 0 Å². The zero-order valence-corrected chi connectivity index (χ0v) is 8.32. The summed E-state index contributed by atoms with van der Waals surface area (Å²) in [4.78, 5) is 0. The van der Waals surface area contributed by atoms with Gasteiger partial charge in [0.1, 0.15) is 0 Å². The molecular weight excluding hydrogens is 200 g/mol. The predicted octanol–water partition coefficient (Wildman–Crippen LogP) is 1.36. The first-order chi connectivity index (χ1) is 6.52. The van der Waals surface area contributed by atoms with E-state index in [4.69, 9.17) is 10.5 Å². The molecule has 0 bridgehead atoms. The molecule has 1 aromatic rings. The van der Waals surface area contributed by atoms with E-state index in [2.05, 4.69) is 19.1 Å². The Kier molecular flexibility index (Phi) is 4.98. The van der Waals surface area contributed by atoms with Gasteiger partial charge in [0.05, 0.1) is 0 Å². The van der Waals surface area contributed by atoms with Gasteiger partial charge in [0.25, 0.3) is 0 Å². The van der Waals surface area contributed by atoms with Crippen molar-refractivity contribution in [3.8, 4) is 10.8 Å². The van der Waals surface area contributed by atoms with Crippen LogP contribution in [0.15, 0.2) is 30.3 Å². The minimum Gasteiger partial charge on any atom is -0.197 e. The van der Waals surface area contributed by atoms with Crippen molar-refractivity contribution >= 4 is 9.84 Å². The number of nitriles is 2. The fourth-order valence-corrected chi connectivity index (χ4v) is 0.596. The summed E-state index contributed by atoms with van der Waals surface area (Å²) in [6, 6.07) is 10.3. The third-order valence-electron chi connectivity index (χ3n) is 1.18. The fourth-order valence-electron chi connectivity index (χ4n) is 0.555. The van der Waals surface area contributed by atoms with Crippen LogP contribution in [-0.2, 0) is 9.84 Å². The van der Waals surface area contributed by atoms with E-state index in [1.807, 2.05) is 18.2 Å². The van der Waals surface area contributed by atoms with Crippen molar-refractivity contribution in [3.05, 3.63) is 35.9 Å². The van der Waals surface area contributed by atoms with Crippen LogP contribution in [0.4, 0.5) is 0 Å². The molecule has 0 unspecified atom stereocenters. The van der Waals surface area contributed by atoms with Crippen LogP contribution in [0.1, 0.15) is 5.56 Å². The lowest BCUT2D eigenvalue weighted by Crippen LogP contribution is -1.85. The van der Waals surface area contributed by atoms with Crippen molar-refractivity contribution in [3.63, 3.8) is 0 Å². The van der Waals surface area contributed by atoms with E-state index in [-0.39, 0.29) is 0 Å². The van der Waals surface area contributed by atoms with Gasteiger partial charge in [-0.3, -0.25) is 0 Å². The van der Waals surface area contributed by atoms with E-state index in [1.165, 1.54) is 5.56 Å². The average molecular weight is 208 g/mol. The topological polar surface area (TPSA) is 81.7 Å². The maximum atomic E-state index is 9.65. The molecule has 0 aliphatic rings. The maximum Gasteiger partial charge on any atom is 0.333 e. The molecule has 0 saturated heterocycles. The van der Waals surface area contributed by atoms with Gasteiger partial charge in [0.2, 0.25) is 10.8 Å². The summed E-state index contributed by atoms with van der Waals surface area (Å²) in [5.41, 5.74) is 1.32. The van der Waals surface area contributed by atoms with Gasteiger partial charge >= 0.3 is 9.84 Å². The Labute approximate surface area is 82.9 Å². The predicted molar refractivity (Wildman–Crippen MR) is 51.3 cm³/mol. The van der Waals surface area contributed by atoms with Crippen molar-refractivity contribution in [1.29, 1.82) is 10.5 Å². The quantitative estimate of drug-likeness (QED) is 0.476. The first-order valence-electron chi connectivity index (χ1n) is 3.60. The van der Waals surface area contributed by atoms with Crippen LogP contribution < -0.4 is 0 Å². The molecule has 0 N–H and O–H groups in total. The van der Waals surface area contributed by atoms with Crippen LogP contribution in [-0.4, -0.2) is 8.42 Å². The highest BCUT2D eigenvalue weighted by atomic mass is 32.2. The first-order valence-corrected chi connectivity index (χ1v) is 5.08. The molecule has 0 aromatic heterocycles. The number of nitrogens with zero attached hydrogens (tertiary/aromatic N) is 2. The highest BCUT2D eigenvalue weighted by molar-refractivity contribution is 8.00. The Bertz CT molecular complexity index is 432. The lowest BCUT2D eigenvalue weighted by molar-refractivity contribution is 0.614. The Hall–Kier alpha value is -1.85. The number of rotatable bonds is 0. The summed E-state index contributed by atoms with van der Waals surface area (Å²) >= 11 is 0. The lowest BCUT2D eigenvalue weighted by Gasteiger charge is -1.82. The number of sulfone groups is 1. The third kappa shape index (κ3) is 5.76. The van der Waals surface area contributed by atoms with Crippen LogP contribution in [0.25, 0.3) is 0 Å². The van der Waals surface area contributed by atoms with Gasteiger partial charge in [-0.1, -0.05) is 35.9 Å². The number of benzene rings is 1. The molecule has 4 nitrogen and oxygen atoms in total. The molecule has 0 atom stereocenters. The summed E-state index contributed by atoms with van der Waals surface area (Å²) in [6.07, 6.45) is 0. The lowest BCUT2D eigenvalue weighted by atomic mass is 10.2. The molecule has 0 amide bonds. The molecular formula is C9H8N2O2S. The normalized spacial score (nSPS) is 8.79. The van der Waals surface area contributed by atoms with E-state index in [9.17, 15) is 8.42 Å².